The molecule has 5 heteroatoms. The average Bonchev–Trinajstić information content (AvgIpc) is 3.12. The molecule has 0 radical (unpaired) electrons. The van der Waals surface area contributed by atoms with Gasteiger partial charge in [0.25, 0.3) is 5.91 Å². The minimum atomic E-state index is 0.156. The van der Waals surface area contributed by atoms with Gasteiger partial charge in [0.1, 0.15) is 0 Å². The number of aromatic amines is 1. The molecule has 1 atom stereocenters. The molecule has 0 saturated carbocycles. The lowest BCUT2D eigenvalue weighted by molar-refractivity contribution is 0.0624. The number of hydrogen-bond donors (Lipinski definition) is 1. The summed E-state index contributed by atoms with van der Waals surface area (Å²) in [6.07, 6.45) is 6.75. The lowest BCUT2D eigenvalue weighted by Gasteiger charge is -2.38. The molecular formula is C20H28N4O. The van der Waals surface area contributed by atoms with Crippen molar-refractivity contribution in [2.45, 2.75) is 32.6 Å². The minimum Gasteiger partial charge on any atom is -0.338 e. The fourth-order valence-corrected chi connectivity index (χ4v) is 4.33. The maximum Gasteiger partial charge on any atom is 0.254 e. The van der Waals surface area contributed by atoms with Crippen molar-refractivity contribution in [1.82, 2.24) is 20.0 Å². The third-order valence-electron chi connectivity index (χ3n) is 5.91. The smallest absolute Gasteiger partial charge is 0.254 e. The Morgan fingerprint density at radius 1 is 1.24 bits per heavy atom. The number of likely N-dealkylation sites (tertiary alicyclic amines) is 2. The van der Waals surface area contributed by atoms with Crippen LogP contribution in [-0.4, -0.2) is 58.6 Å². The van der Waals surface area contributed by atoms with Gasteiger partial charge in [-0.05, 0) is 62.7 Å². The Morgan fingerprint density at radius 2 is 2.08 bits per heavy atom. The SMILES string of the molecule is CC1CCN(CC2CCCN(C(=O)c3cccc4[nH]ncc34)C2)CC1. The van der Waals surface area contributed by atoms with E-state index in [0.29, 0.717) is 5.92 Å². The molecule has 4 rings (SSSR count). The van der Waals surface area contributed by atoms with E-state index in [9.17, 15) is 4.79 Å². The van der Waals surface area contributed by atoms with Crippen LogP contribution in [0.15, 0.2) is 24.4 Å². The van der Waals surface area contributed by atoms with E-state index < -0.39 is 0 Å². The van der Waals surface area contributed by atoms with Gasteiger partial charge >= 0.3 is 0 Å². The zero-order chi connectivity index (χ0) is 17.2. The first-order valence-corrected chi connectivity index (χ1v) is 9.64. The molecule has 2 aromatic rings. The van der Waals surface area contributed by atoms with Gasteiger partial charge in [0.05, 0.1) is 17.3 Å². The van der Waals surface area contributed by atoms with Gasteiger partial charge in [0, 0.05) is 25.0 Å². The average molecular weight is 340 g/mol. The van der Waals surface area contributed by atoms with Crippen LogP contribution in [-0.2, 0) is 0 Å². The second-order valence-corrected chi connectivity index (χ2v) is 7.88. The van der Waals surface area contributed by atoms with E-state index in [4.69, 9.17) is 0 Å². The number of nitrogens with one attached hydrogen (secondary N) is 1. The molecule has 1 aromatic carbocycles. The maximum absolute atomic E-state index is 13.1. The van der Waals surface area contributed by atoms with Crippen molar-refractivity contribution in [2.24, 2.45) is 11.8 Å². The lowest BCUT2D eigenvalue weighted by atomic mass is 9.94. The normalized spacial score (nSPS) is 23.2. The van der Waals surface area contributed by atoms with Gasteiger partial charge in [-0.3, -0.25) is 9.89 Å². The number of piperidine rings is 2. The molecule has 0 bridgehead atoms. The number of nitrogens with zero attached hydrogens (tertiary/aromatic N) is 3. The highest BCUT2D eigenvalue weighted by molar-refractivity contribution is 6.06. The second-order valence-electron chi connectivity index (χ2n) is 7.88. The van der Waals surface area contributed by atoms with Crippen LogP contribution in [0.2, 0.25) is 0 Å². The first kappa shape index (κ1) is 16.6. The largest absolute Gasteiger partial charge is 0.338 e. The van der Waals surface area contributed by atoms with Crippen LogP contribution in [0.1, 0.15) is 43.0 Å². The van der Waals surface area contributed by atoms with E-state index in [0.717, 1.165) is 48.4 Å². The summed E-state index contributed by atoms with van der Waals surface area (Å²) < 4.78 is 0. The molecule has 5 nitrogen and oxygen atoms in total. The third-order valence-corrected chi connectivity index (χ3v) is 5.91. The van der Waals surface area contributed by atoms with Crippen LogP contribution in [0, 0.1) is 11.8 Å². The van der Waals surface area contributed by atoms with Crippen molar-refractivity contribution in [1.29, 1.82) is 0 Å². The van der Waals surface area contributed by atoms with Crippen molar-refractivity contribution in [3.63, 3.8) is 0 Å². The molecule has 0 aliphatic carbocycles. The number of H-pyrrole nitrogens is 1. The maximum atomic E-state index is 13.1. The first-order chi connectivity index (χ1) is 12.2. The van der Waals surface area contributed by atoms with Gasteiger partial charge in [-0.25, -0.2) is 0 Å². The van der Waals surface area contributed by atoms with Crippen molar-refractivity contribution in [2.75, 3.05) is 32.7 Å². The summed E-state index contributed by atoms with van der Waals surface area (Å²) in [7, 11) is 0. The third kappa shape index (κ3) is 3.56. The Hall–Kier alpha value is -1.88. The Labute approximate surface area is 149 Å². The fraction of sp³-hybridized carbons (Fsp3) is 0.600. The Morgan fingerprint density at radius 3 is 2.92 bits per heavy atom. The Balaban J connectivity index is 1.42. The minimum absolute atomic E-state index is 0.156. The number of fused-ring (bicyclic) bond motifs is 1. The standard InChI is InChI=1S/C20H28N4O/c1-15-7-10-23(11-8-15)13-16-4-3-9-24(14-16)20(25)17-5-2-6-19-18(17)12-21-22-19/h2,5-6,12,15-16H,3-4,7-11,13-14H2,1H3,(H,21,22). The van der Waals surface area contributed by atoms with Gasteiger partial charge in [-0.2, -0.15) is 5.10 Å². The van der Waals surface area contributed by atoms with Gasteiger partial charge in [-0.1, -0.05) is 13.0 Å². The Kier molecular flexibility index (Phi) is 4.75. The molecule has 25 heavy (non-hydrogen) atoms. The summed E-state index contributed by atoms with van der Waals surface area (Å²) in [5, 5.41) is 7.97. The highest BCUT2D eigenvalue weighted by Gasteiger charge is 2.27. The molecule has 134 valence electrons. The van der Waals surface area contributed by atoms with Gasteiger partial charge < -0.3 is 9.80 Å². The van der Waals surface area contributed by atoms with E-state index in [-0.39, 0.29) is 5.91 Å². The molecule has 1 amide bonds. The highest BCUT2D eigenvalue weighted by Crippen LogP contribution is 2.24. The number of carbonyl (C=O) groups is 1. The molecule has 3 heterocycles. The predicted octanol–water partition coefficient (Wildman–Crippen LogP) is 3.15. The van der Waals surface area contributed by atoms with Crippen LogP contribution in [0.4, 0.5) is 0 Å². The van der Waals surface area contributed by atoms with E-state index >= 15 is 0 Å². The summed E-state index contributed by atoms with van der Waals surface area (Å²) in [5.74, 6) is 1.63. The molecule has 0 spiro atoms. The van der Waals surface area contributed by atoms with E-state index in [1.165, 1.54) is 32.4 Å². The van der Waals surface area contributed by atoms with Gasteiger partial charge in [0.2, 0.25) is 0 Å². The van der Waals surface area contributed by atoms with Crippen LogP contribution in [0.25, 0.3) is 10.9 Å². The molecule has 1 unspecified atom stereocenters. The Bertz CT molecular complexity index is 732. The summed E-state index contributed by atoms with van der Waals surface area (Å²) in [6.45, 7) is 7.71. The van der Waals surface area contributed by atoms with Gasteiger partial charge in [0.15, 0.2) is 0 Å². The zero-order valence-corrected chi connectivity index (χ0v) is 15.1. The summed E-state index contributed by atoms with van der Waals surface area (Å²) in [6, 6.07) is 5.83. The van der Waals surface area contributed by atoms with Crippen LogP contribution in [0.5, 0.6) is 0 Å². The first-order valence-electron chi connectivity index (χ1n) is 9.64. The number of amides is 1. The van der Waals surface area contributed by atoms with Crippen molar-refractivity contribution >= 4 is 16.8 Å². The van der Waals surface area contributed by atoms with E-state index in [1.807, 2.05) is 18.2 Å². The quantitative estimate of drug-likeness (QED) is 0.934. The van der Waals surface area contributed by atoms with Gasteiger partial charge in [-0.15, -0.1) is 0 Å². The molecule has 2 saturated heterocycles. The van der Waals surface area contributed by atoms with Crippen LogP contribution < -0.4 is 0 Å². The van der Waals surface area contributed by atoms with Crippen molar-refractivity contribution < 1.29 is 4.79 Å². The molecule has 1 aromatic heterocycles. The monoisotopic (exact) mass is 340 g/mol. The summed E-state index contributed by atoms with van der Waals surface area (Å²) in [5.41, 5.74) is 1.71. The molecular weight excluding hydrogens is 312 g/mol. The highest BCUT2D eigenvalue weighted by atomic mass is 16.2. The van der Waals surface area contributed by atoms with Crippen molar-refractivity contribution in [3.05, 3.63) is 30.0 Å². The number of rotatable bonds is 3. The predicted molar refractivity (Wildman–Crippen MR) is 99.6 cm³/mol. The number of benzene rings is 1. The molecule has 2 aliphatic rings. The number of aromatic nitrogens is 2. The zero-order valence-electron chi connectivity index (χ0n) is 15.1. The molecule has 2 fully saturated rings. The number of hydrogen-bond acceptors (Lipinski definition) is 3. The summed E-state index contributed by atoms with van der Waals surface area (Å²) >= 11 is 0. The lowest BCUT2D eigenvalue weighted by Crippen LogP contribution is -2.45. The second kappa shape index (κ2) is 7.16. The van der Waals surface area contributed by atoms with E-state index in [1.54, 1.807) is 6.20 Å². The molecule has 2 aliphatic heterocycles. The number of carbonyl (C=O) groups excluding carboxylic acids is 1. The van der Waals surface area contributed by atoms with Crippen LogP contribution in [0.3, 0.4) is 0 Å². The summed E-state index contributed by atoms with van der Waals surface area (Å²) in [4.78, 5) is 17.7. The molecule has 1 N–H and O–H groups in total. The fourth-order valence-electron chi connectivity index (χ4n) is 4.33. The van der Waals surface area contributed by atoms with E-state index in [2.05, 4.69) is 26.9 Å². The topological polar surface area (TPSA) is 52.2 Å². The van der Waals surface area contributed by atoms with Crippen molar-refractivity contribution in [3.8, 4) is 0 Å². The van der Waals surface area contributed by atoms with Crippen LogP contribution >= 0.6 is 0 Å².